The molecule has 1 heterocycles. The maximum atomic E-state index is 12.0. The molecular weight excluding hydrogens is 260 g/mol. The molecule has 0 saturated heterocycles. The van der Waals surface area contributed by atoms with E-state index in [4.69, 9.17) is 11.6 Å². The highest BCUT2D eigenvalue weighted by Gasteiger charge is 2.29. The summed E-state index contributed by atoms with van der Waals surface area (Å²) in [6, 6.07) is 1.47. The molecule has 0 aromatic carbocycles. The Morgan fingerprint density at radius 2 is 2.29 bits per heavy atom. The number of nitrogens with zero attached hydrogens (tertiary/aromatic N) is 1. The van der Waals surface area contributed by atoms with Crippen LogP contribution in [0.5, 0.6) is 0 Å². The van der Waals surface area contributed by atoms with Gasteiger partial charge in [0.05, 0.1) is 5.02 Å². The molecule has 1 aliphatic carbocycles. The van der Waals surface area contributed by atoms with Gasteiger partial charge in [-0.15, -0.1) is 0 Å². The third kappa shape index (κ3) is 3.18. The Kier molecular flexibility index (Phi) is 3.70. The Balaban J connectivity index is 2.05. The molecule has 0 amide bonds. The van der Waals surface area contributed by atoms with Gasteiger partial charge in [0.2, 0.25) is 10.0 Å². The van der Waals surface area contributed by atoms with E-state index in [0.29, 0.717) is 18.4 Å². The van der Waals surface area contributed by atoms with Crippen LogP contribution in [0.4, 0.5) is 0 Å². The summed E-state index contributed by atoms with van der Waals surface area (Å²) in [7, 11) is -3.54. The predicted octanol–water partition coefficient (Wildman–Crippen LogP) is 2.06. The number of hydrogen-bond acceptors (Lipinski definition) is 3. The first-order chi connectivity index (χ1) is 8.00. The molecular formula is C11H15ClN2O2S. The molecule has 1 atom stereocenters. The lowest BCUT2D eigenvalue weighted by atomic mass is 10.1. The first-order valence-corrected chi connectivity index (χ1v) is 7.46. The predicted molar refractivity (Wildman–Crippen MR) is 66.3 cm³/mol. The summed E-state index contributed by atoms with van der Waals surface area (Å²) >= 11 is 5.84. The highest BCUT2D eigenvalue weighted by molar-refractivity contribution is 7.89. The number of pyridine rings is 1. The second-order valence-corrected chi connectivity index (χ2v) is 6.62. The molecule has 17 heavy (non-hydrogen) atoms. The molecule has 1 aromatic rings. The van der Waals surface area contributed by atoms with E-state index < -0.39 is 10.0 Å². The monoisotopic (exact) mass is 274 g/mol. The van der Waals surface area contributed by atoms with Crippen LogP contribution in [-0.2, 0) is 10.0 Å². The normalized spacial score (nSPS) is 18.0. The SMILES string of the molecule is CC(CNS(=O)(=O)c1cnccc1Cl)C1CC1. The van der Waals surface area contributed by atoms with Crippen LogP contribution in [-0.4, -0.2) is 19.9 Å². The molecule has 1 fully saturated rings. The van der Waals surface area contributed by atoms with Gasteiger partial charge in [-0.3, -0.25) is 4.98 Å². The Bertz CT molecular complexity index is 500. The van der Waals surface area contributed by atoms with Crippen LogP contribution in [0.2, 0.25) is 5.02 Å². The Hall–Kier alpha value is -0.650. The van der Waals surface area contributed by atoms with E-state index in [2.05, 4.69) is 16.6 Å². The van der Waals surface area contributed by atoms with E-state index in [-0.39, 0.29) is 9.92 Å². The van der Waals surface area contributed by atoms with Crippen molar-refractivity contribution in [3.63, 3.8) is 0 Å². The number of hydrogen-bond donors (Lipinski definition) is 1. The van der Waals surface area contributed by atoms with Crippen molar-refractivity contribution >= 4 is 21.6 Å². The van der Waals surface area contributed by atoms with Crippen molar-refractivity contribution in [3.05, 3.63) is 23.5 Å². The zero-order valence-electron chi connectivity index (χ0n) is 9.56. The van der Waals surface area contributed by atoms with Gasteiger partial charge in [-0.2, -0.15) is 0 Å². The van der Waals surface area contributed by atoms with Crippen LogP contribution in [0.3, 0.4) is 0 Å². The van der Waals surface area contributed by atoms with Crippen molar-refractivity contribution in [1.82, 2.24) is 9.71 Å². The zero-order chi connectivity index (χ0) is 12.5. The first kappa shape index (κ1) is 12.8. The summed E-state index contributed by atoms with van der Waals surface area (Å²) in [5.74, 6) is 1.04. The van der Waals surface area contributed by atoms with Gasteiger partial charge < -0.3 is 0 Å². The van der Waals surface area contributed by atoms with Crippen LogP contribution in [0.1, 0.15) is 19.8 Å². The van der Waals surface area contributed by atoms with Gasteiger partial charge in [-0.25, -0.2) is 13.1 Å². The largest absolute Gasteiger partial charge is 0.263 e. The van der Waals surface area contributed by atoms with Gasteiger partial charge in [0.1, 0.15) is 4.90 Å². The van der Waals surface area contributed by atoms with E-state index in [1.807, 2.05) is 0 Å². The van der Waals surface area contributed by atoms with Gasteiger partial charge in [0.15, 0.2) is 0 Å². The number of aromatic nitrogens is 1. The fourth-order valence-electron chi connectivity index (χ4n) is 1.71. The minimum Gasteiger partial charge on any atom is -0.263 e. The van der Waals surface area contributed by atoms with Crippen LogP contribution in [0.15, 0.2) is 23.4 Å². The van der Waals surface area contributed by atoms with Crippen molar-refractivity contribution < 1.29 is 8.42 Å². The summed E-state index contributed by atoms with van der Waals surface area (Å²) in [6.07, 6.45) is 5.15. The number of rotatable bonds is 5. The lowest BCUT2D eigenvalue weighted by Crippen LogP contribution is -2.29. The van der Waals surface area contributed by atoms with Crippen molar-refractivity contribution in [2.24, 2.45) is 11.8 Å². The van der Waals surface area contributed by atoms with E-state index in [1.54, 1.807) is 0 Å². The highest BCUT2D eigenvalue weighted by Crippen LogP contribution is 2.36. The summed E-state index contributed by atoms with van der Waals surface area (Å²) in [5.41, 5.74) is 0. The molecule has 4 nitrogen and oxygen atoms in total. The summed E-state index contributed by atoms with van der Waals surface area (Å²) < 4.78 is 26.5. The number of halogens is 1. The average Bonchev–Trinajstić information content (AvgIpc) is 3.10. The molecule has 1 N–H and O–H groups in total. The van der Waals surface area contributed by atoms with Crippen LogP contribution in [0.25, 0.3) is 0 Å². The van der Waals surface area contributed by atoms with Crippen LogP contribution in [0, 0.1) is 11.8 Å². The number of nitrogens with one attached hydrogen (secondary N) is 1. The maximum absolute atomic E-state index is 12.0. The van der Waals surface area contributed by atoms with Crippen molar-refractivity contribution in [1.29, 1.82) is 0 Å². The van der Waals surface area contributed by atoms with Crippen LogP contribution >= 0.6 is 11.6 Å². The van der Waals surface area contributed by atoms with Gasteiger partial charge in [0, 0.05) is 18.9 Å². The van der Waals surface area contributed by atoms with Gasteiger partial charge in [-0.05, 0) is 30.7 Å². The van der Waals surface area contributed by atoms with Crippen molar-refractivity contribution in [3.8, 4) is 0 Å². The summed E-state index contributed by atoms with van der Waals surface area (Å²) in [5, 5.41) is 0.201. The average molecular weight is 275 g/mol. The lowest BCUT2D eigenvalue weighted by Gasteiger charge is -2.12. The standard InChI is InChI=1S/C11H15ClN2O2S/c1-8(9-2-3-9)6-14-17(15,16)11-7-13-5-4-10(11)12/h4-5,7-9,14H,2-3,6H2,1H3. The molecule has 2 rings (SSSR count). The molecule has 94 valence electrons. The summed E-state index contributed by atoms with van der Waals surface area (Å²) in [6.45, 7) is 2.52. The minimum atomic E-state index is -3.54. The Labute approximate surface area is 106 Å². The van der Waals surface area contributed by atoms with Gasteiger partial charge >= 0.3 is 0 Å². The molecule has 1 saturated carbocycles. The van der Waals surface area contributed by atoms with Crippen LogP contribution < -0.4 is 4.72 Å². The second kappa shape index (κ2) is 4.92. The third-order valence-corrected chi connectivity index (χ3v) is 4.94. The fourth-order valence-corrected chi connectivity index (χ4v) is 3.28. The van der Waals surface area contributed by atoms with E-state index >= 15 is 0 Å². The van der Waals surface area contributed by atoms with Gasteiger partial charge in [-0.1, -0.05) is 18.5 Å². The second-order valence-electron chi connectivity index (χ2n) is 4.47. The fraction of sp³-hybridized carbons (Fsp3) is 0.545. The molecule has 0 spiro atoms. The summed E-state index contributed by atoms with van der Waals surface area (Å²) in [4.78, 5) is 3.83. The van der Waals surface area contributed by atoms with Gasteiger partial charge in [0.25, 0.3) is 0 Å². The molecule has 1 aromatic heterocycles. The van der Waals surface area contributed by atoms with E-state index in [1.165, 1.54) is 31.3 Å². The third-order valence-electron chi connectivity index (χ3n) is 3.05. The maximum Gasteiger partial charge on any atom is 0.243 e. The van der Waals surface area contributed by atoms with E-state index in [9.17, 15) is 8.42 Å². The highest BCUT2D eigenvalue weighted by atomic mass is 35.5. The van der Waals surface area contributed by atoms with E-state index in [0.717, 1.165) is 0 Å². The molecule has 0 aliphatic heterocycles. The van der Waals surface area contributed by atoms with Crippen molar-refractivity contribution in [2.45, 2.75) is 24.7 Å². The molecule has 0 radical (unpaired) electrons. The Morgan fingerprint density at radius 1 is 1.59 bits per heavy atom. The topological polar surface area (TPSA) is 59.1 Å². The molecule has 1 aliphatic rings. The minimum absolute atomic E-state index is 0.0460. The molecule has 6 heteroatoms. The quantitative estimate of drug-likeness (QED) is 0.894. The Morgan fingerprint density at radius 3 is 2.88 bits per heavy atom. The smallest absolute Gasteiger partial charge is 0.243 e. The molecule has 0 bridgehead atoms. The zero-order valence-corrected chi connectivity index (χ0v) is 11.1. The lowest BCUT2D eigenvalue weighted by molar-refractivity contribution is 0.491. The van der Waals surface area contributed by atoms with Crippen molar-refractivity contribution in [2.75, 3.05) is 6.54 Å². The number of sulfonamides is 1. The molecule has 1 unspecified atom stereocenters. The first-order valence-electron chi connectivity index (χ1n) is 5.60.